The van der Waals surface area contributed by atoms with Crippen molar-refractivity contribution in [3.05, 3.63) is 23.6 Å². The van der Waals surface area contributed by atoms with E-state index in [0.29, 0.717) is 38.7 Å². The van der Waals surface area contributed by atoms with Gasteiger partial charge >= 0.3 is 0 Å². The van der Waals surface area contributed by atoms with E-state index < -0.39 is 5.82 Å². The van der Waals surface area contributed by atoms with E-state index in [-0.39, 0.29) is 17.6 Å². The van der Waals surface area contributed by atoms with Crippen molar-refractivity contribution < 1.29 is 18.7 Å². The van der Waals surface area contributed by atoms with Crippen molar-refractivity contribution in [3.63, 3.8) is 0 Å². The number of nitrogens with one attached hydrogen (secondary N) is 2. The Hall–Kier alpha value is -1.73. The van der Waals surface area contributed by atoms with Gasteiger partial charge < -0.3 is 20.1 Å². The molecule has 1 fully saturated rings. The first-order chi connectivity index (χ1) is 9.70. The van der Waals surface area contributed by atoms with Gasteiger partial charge in [-0.3, -0.25) is 4.79 Å². The number of rotatable bonds is 5. The molecule has 2 heterocycles. The summed E-state index contributed by atoms with van der Waals surface area (Å²) in [5, 5.41) is 5.63. The Bertz CT molecular complexity index is 464. The molecule has 1 aliphatic rings. The smallest absolute Gasteiger partial charge is 0.255 e. The van der Waals surface area contributed by atoms with Crippen molar-refractivity contribution in [1.29, 1.82) is 0 Å². The van der Waals surface area contributed by atoms with Crippen LogP contribution in [0.4, 0.5) is 10.2 Å². The number of ether oxygens (including phenoxy) is 2. The number of anilines is 1. The van der Waals surface area contributed by atoms with Crippen molar-refractivity contribution in [2.45, 2.75) is 13.0 Å². The Morgan fingerprint density at radius 2 is 2.40 bits per heavy atom. The van der Waals surface area contributed by atoms with Crippen LogP contribution in [0.25, 0.3) is 0 Å². The molecular formula is C13H18FN3O3. The highest BCUT2D eigenvalue weighted by Crippen LogP contribution is 2.13. The number of carbonyl (C=O) groups excluding carboxylic acids is 1. The molecule has 6 nitrogen and oxygen atoms in total. The van der Waals surface area contributed by atoms with Crippen molar-refractivity contribution >= 4 is 11.7 Å². The highest BCUT2D eigenvalue weighted by molar-refractivity contribution is 5.98. The second kappa shape index (κ2) is 7.16. The molecule has 20 heavy (non-hydrogen) atoms. The molecule has 2 N–H and O–H groups in total. The molecule has 1 saturated heterocycles. The number of carbonyl (C=O) groups is 1. The van der Waals surface area contributed by atoms with Gasteiger partial charge in [0, 0.05) is 13.1 Å². The molecule has 1 unspecified atom stereocenters. The van der Waals surface area contributed by atoms with Crippen LogP contribution in [0.1, 0.15) is 17.3 Å². The third kappa shape index (κ3) is 3.88. The SMILES string of the molecule is CCNc1ncc(F)cc1C(=O)NCC1COCCO1. The largest absolute Gasteiger partial charge is 0.376 e. The summed E-state index contributed by atoms with van der Waals surface area (Å²) in [6, 6.07) is 1.17. The zero-order chi connectivity index (χ0) is 14.4. The summed E-state index contributed by atoms with van der Waals surface area (Å²) in [5.74, 6) is -0.566. The highest BCUT2D eigenvalue weighted by Gasteiger charge is 2.18. The fraction of sp³-hybridized carbons (Fsp3) is 0.538. The zero-order valence-electron chi connectivity index (χ0n) is 11.3. The molecule has 1 atom stereocenters. The Morgan fingerprint density at radius 1 is 1.55 bits per heavy atom. The third-order valence-electron chi connectivity index (χ3n) is 2.82. The average Bonchev–Trinajstić information content (AvgIpc) is 2.48. The van der Waals surface area contributed by atoms with Crippen LogP contribution in [0, 0.1) is 5.82 Å². The van der Waals surface area contributed by atoms with Crippen LogP contribution in [-0.2, 0) is 9.47 Å². The summed E-state index contributed by atoms with van der Waals surface area (Å²) in [7, 11) is 0. The Labute approximate surface area is 116 Å². The minimum atomic E-state index is -0.547. The van der Waals surface area contributed by atoms with Gasteiger partial charge in [-0.15, -0.1) is 0 Å². The van der Waals surface area contributed by atoms with Gasteiger partial charge in [-0.2, -0.15) is 0 Å². The van der Waals surface area contributed by atoms with Crippen LogP contribution < -0.4 is 10.6 Å². The first-order valence-electron chi connectivity index (χ1n) is 6.57. The van der Waals surface area contributed by atoms with Crippen molar-refractivity contribution in [3.8, 4) is 0 Å². The number of hydrogen-bond acceptors (Lipinski definition) is 5. The summed E-state index contributed by atoms with van der Waals surface area (Å²) >= 11 is 0. The lowest BCUT2D eigenvalue weighted by molar-refractivity contribution is -0.0855. The average molecular weight is 283 g/mol. The van der Waals surface area contributed by atoms with E-state index in [9.17, 15) is 9.18 Å². The summed E-state index contributed by atoms with van der Waals surface area (Å²) in [5.41, 5.74) is 0.184. The molecule has 0 aliphatic carbocycles. The van der Waals surface area contributed by atoms with Gasteiger partial charge in [0.2, 0.25) is 0 Å². The van der Waals surface area contributed by atoms with E-state index >= 15 is 0 Å². The highest BCUT2D eigenvalue weighted by atomic mass is 19.1. The number of amides is 1. The zero-order valence-corrected chi connectivity index (χ0v) is 11.3. The van der Waals surface area contributed by atoms with E-state index in [1.54, 1.807) is 0 Å². The van der Waals surface area contributed by atoms with Gasteiger partial charge in [0.25, 0.3) is 5.91 Å². The van der Waals surface area contributed by atoms with Crippen molar-refractivity contribution in [2.75, 3.05) is 38.2 Å². The van der Waals surface area contributed by atoms with Gasteiger partial charge in [-0.1, -0.05) is 0 Å². The third-order valence-corrected chi connectivity index (χ3v) is 2.82. The van der Waals surface area contributed by atoms with E-state index in [1.807, 2.05) is 6.92 Å². The molecule has 0 bridgehead atoms. The van der Waals surface area contributed by atoms with Gasteiger partial charge in [-0.25, -0.2) is 9.37 Å². The van der Waals surface area contributed by atoms with Crippen molar-refractivity contribution in [2.24, 2.45) is 0 Å². The molecule has 2 rings (SSSR count). The maximum absolute atomic E-state index is 13.2. The van der Waals surface area contributed by atoms with Gasteiger partial charge in [-0.05, 0) is 13.0 Å². The second-order valence-electron chi connectivity index (χ2n) is 4.36. The topological polar surface area (TPSA) is 72.5 Å². The number of hydrogen-bond donors (Lipinski definition) is 2. The molecule has 1 aliphatic heterocycles. The molecule has 1 aromatic rings. The first kappa shape index (κ1) is 14.7. The molecule has 0 aromatic carbocycles. The molecule has 0 radical (unpaired) electrons. The van der Waals surface area contributed by atoms with E-state index in [2.05, 4.69) is 15.6 Å². The molecule has 1 amide bonds. The quantitative estimate of drug-likeness (QED) is 0.836. The van der Waals surface area contributed by atoms with Crippen LogP contribution in [0.15, 0.2) is 12.3 Å². The first-order valence-corrected chi connectivity index (χ1v) is 6.57. The Kier molecular flexibility index (Phi) is 5.25. The van der Waals surface area contributed by atoms with Crippen LogP contribution in [0.2, 0.25) is 0 Å². The van der Waals surface area contributed by atoms with E-state index in [1.165, 1.54) is 6.07 Å². The van der Waals surface area contributed by atoms with Crippen LogP contribution in [0.3, 0.4) is 0 Å². The predicted molar refractivity (Wildman–Crippen MR) is 71.3 cm³/mol. The van der Waals surface area contributed by atoms with Gasteiger partial charge in [0.05, 0.1) is 37.7 Å². The monoisotopic (exact) mass is 283 g/mol. The fourth-order valence-electron chi connectivity index (χ4n) is 1.88. The molecule has 1 aromatic heterocycles. The fourth-order valence-corrected chi connectivity index (χ4v) is 1.88. The summed E-state index contributed by atoms with van der Waals surface area (Å²) in [6.07, 6.45) is 0.907. The van der Waals surface area contributed by atoms with Crippen molar-refractivity contribution in [1.82, 2.24) is 10.3 Å². The normalized spacial score (nSPS) is 18.6. The Morgan fingerprint density at radius 3 is 3.10 bits per heavy atom. The Balaban J connectivity index is 1.98. The van der Waals surface area contributed by atoms with E-state index in [4.69, 9.17) is 9.47 Å². The standard InChI is InChI=1S/C13H18FN3O3/c1-2-15-12-11(5-9(14)6-16-12)13(18)17-7-10-8-19-3-4-20-10/h5-6,10H,2-4,7-8H2,1H3,(H,15,16)(H,17,18). The predicted octanol–water partition coefficient (Wildman–Crippen LogP) is 0.798. The number of aromatic nitrogens is 1. The van der Waals surface area contributed by atoms with E-state index in [0.717, 1.165) is 6.20 Å². The lowest BCUT2D eigenvalue weighted by Crippen LogP contribution is -2.40. The van der Waals surface area contributed by atoms with Crippen LogP contribution in [-0.4, -0.2) is 49.9 Å². The summed E-state index contributed by atoms with van der Waals surface area (Å²) in [4.78, 5) is 16.0. The molecular weight excluding hydrogens is 265 g/mol. The molecule has 7 heteroatoms. The number of halogens is 1. The maximum Gasteiger partial charge on any atom is 0.255 e. The molecule has 110 valence electrons. The maximum atomic E-state index is 13.2. The minimum absolute atomic E-state index is 0.170. The minimum Gasteiger partial charge on any atom is -0.376 e. The molecule has 0 saturated carbocycles. The number of nitrogens with zero attached hydrogens (tertiary/aromatic N) is 1. The van der Waals surface area contributed by atoms with Crippen LogP contribution in [0.5, 0.6) is 0 Å². The van der Waals surface area contributed by atoms with Crippen LogP contribution >= 0.6 is 0 Å². The summed E-state index contributed by atoms with van der Waals surface area (Å²) < 4.78 is 23.9. The van der Waals surface area contributed by atoms with Gasteiger partial charge in [0.15, 0.2) is 0 Å². The lowest BCUT2D eigenvalue weighted by atomic mass is 10.2. The lowest BCUT2D eigenvalue weighted by Gasteiger charge is -2.23. The summed E-state index contributed by atoms with van der Waals surface area (Å²) in [6.45, 7) is 4.33. The number of pyridine rings is 1. The second-order valence-corrected chi connectivity index (χ2v) is 4.36. The van der Waals surface area contributed by atoms with Gasteiger partial charge in [0.1, 0.15) is 11.6 Å². The molecule has 0 spiro atoms.